The Kier molecular flexibility index (Phi) is 3.62. The molecule has 0 unspecified atom stereocenters. The largest absolute Gasteiger partial charge is 0.494 e. The summed E-state index contributed by atoms with van der Waals surface area (Å²) in [6.45, 7) is 2.90. The molecule has 1 aromatic heterocycles. The molecule has 2 nitrogen and oxygen atoms in total. The molecule has 0 aliphatic carbocycles. The molecule has 0 atom stereocenters. The molecular weight excluding hydrogens is 222 g/mol. The van der Waals surface area contributed by atoms with Gasteiger partial charge in [0.15, 0.2) is 0 Å². The van der Waals surface area contributed by atoms with Crippen molar-refractivity contribution >= 4 is 22.5 Å². The number of rotatable bonds is 4. The van der Waals surface area contributed by atoms with Gasteiger partial charge in [-0.25, -0.2) is 0 Å². The Hall–Kier alpha value is -1.28. The van der Waals surface area contributed by atoms with Crippen LogP contribution >= 0.6 is 11.6 Å². The van der Waals surface area contributed by atoms with E-state index in [9.17, 15) is 0 Å². The van der Waals surface area contributed by atoms with E-state index < -0.39 is 0 Å². The van der Waals surface area contributed by atoms with Crippen molar-refractivity contribution in [1.82, 2.24) is 4.98 Å². The summed E-state index contributed by atoms with van der Waals surface area (Å²) in [5.41, 5.74) is 0.876. The average molecular weight is 236 g/mol. The lowest BCUT2D eigenvalue weighted by Gasteiger charge is -2.06. The second-order valence-electron chi connectivity index (χ2n) is 3.67. The van der Waals surface area contributed by atoms with Gasteiger partial charge in [0, 0.05) is 17.6 Å². The van der Waals surface area contributed by atoms with E-state index in [4.69, 9.17) is 16.3 Å². The van der Waals surface area contributed by atoms with Crippen LogP contribution in [-0.2, 0) is 0 Å². The number of halogens is 1. The Labute approximate surface area is 100 Å². The minimum absolute atomic E-state index is 0.727. The van der Waals surface area contributed by atoms with E-state index in [2.05, 4.69) is 11.9 Å². The third kappa shape index (κ3) is 2.45. The van der Waals surface area contributed by atoms with Crippen LogP contribution in [0.3, 0.4) is 0 Å². The fourth-order valence-electron chi connectivity index (χ4n) is 1.52. The van der Waals surface area contributed by atoms with E-state index in [0.717, 1.165) is 41.1 Å². The molecule has 16 heavy (non-hydrogen) atoms. The van der Waals surface area contributed by atoms with Gasteiger partial charge >= 0.3 is 0 Å². The lowest BCUT2D eigenvalue weighted by Crippen LogP contribution is -1.96. The van der Waals surface area contributed by atoms with Crippen molar-refractivity contribution in [3.8, 4) is 5.75 Å². The monoisotopic (exact) mass is 235 g/mol. The Bertz CT molecular complexity index is 484. The molecule has 0 N–H and O–H groups in total. The molecule has 0 radical (unpaired) electrons. The normalized spacial score (nSPS) is 10.6. The first-order valence-corrected chi connectivity index (χ1v) is 5.86. The number of unbranched alkanes of at least 4 members (excludes halogenated alkanes) is 1. The predicted molar refractivity (Wildman–Crippen MR) is 67.2 cm³/mol. The fourth-order valence-corrected chi connectivity index (χ4v) is 1.73. The molecule has 2 rings (SSSR count). The van der Waals surface area contributed by atoms with Gasteiger partial charge < -0.3 is 4.74 Å². The predicted octanol–water partition coefficient (Wildman–Crippen LogP) is 4.07. The van der Waals surface area contributed by atoms with Gasteiger partial charge in [-0.3, -0.25) is 4.98 Å². The van der Waals surface area contributed by atoms with Crippen LogP contribution in [0.5, 0.6) is 5.75 Å². The average Bonchev–Trinajstić information content (AvgIpc) is 2.30. The Morgan fingerprint density at radius 3 is 3.00 bits per heavy atom. The Balaban J connectivity index is 2.23. The van der Waals surface area contributed by atoms with Crippen LogP contribution in [0.1, 0.15) is 19.8 Å². The van der Waals surface area contributed by atoms with Crippen molar-refractivity contribution in [1.29, 1.82) is 0 Å². The lowest BCUT2D eigenvalue weighted by atomic mass is 10.2. The number of benzene rings is 1. The quantitative estimate of drug-likeness (QED) is 0.746. The van der Waals surface area contributed by atoms with Crippen molar-refractivity contribution in [2.45, 2.75) is 19.8 Å². The third-order valence-electron chi connectivity index (χ3n) is 2.43. The zero-order valence-electron chi connectivity index (χ0n) is 9.24. The molecule has 2 aromatic rings. The van der Waals surface area contributed by atoms with Crippen molar-refractivity contribution < 1.29 is 4.74 Å². The summed E-state index contributed by atoms with van der Waals surface area (Å²) in [6, 6.07) is 7.61. The molecule has 0 saturated carbocycles. The van der Waals surface area contributed by atoms with Crippen molar-refractivity contribution in [3.05, 3.63) is 35.5 Å². The van der Waals surface area contributed by atoms with Crippen molar-refractivity contribution in [2.75, 3.05) is 6.61 Å². The summed E-state index contributed by atoms with van der Waals surface area (Å²) in [4.78, 5) is 4.27. The van der Waals surface area contributed by atoms with Crippen molar-refractivity contribution in [3.63, 3.8) is 0 Å². The van der Waals surface area contributed by atoms with Crippen LogP contribution in [0.2, 0.25) is 5.02 Å². The summed E-state index contributed by atoms with van der Waals surface area (Å²) in [5.74, 6) is 0.857. The number of aromatic nitrogens is 1. The molecule has 0 amide bonds. The molecule has 84 valence electrons. The highest BCUT2D eigenvalue weighted by molar-refractivity contribution is 6.35. The van der Waals surface area contributed by atoms with Gasteiger partial charge in [-0.05, 0) is 24.6 Å². The maximum atomic E-state index is 6.06. The first-order valence-electron chi connectivity index (χ1n) is 5.48. The number of hydrogen-bond donors (Lipinski definition) is 0. The molecule has 0 bridgehead atoms. The van der Waals surface area contributed by atoms with E-state index >= 15 is 0 Å². The zero-order chi connectivity index (χ0) is 11.4. The molecule has 1 aromatic carbocycles. The van der Waals surface area contributed by atoms with Crippen LogP contribution in [0.25, 0.3) is 10.9 Å². The summed E-state index contributed by atoms with van der Waals surface area (Å²) in [5, 5.41) is 1.69. The summed E-state index contributed by atoms with van der Waals surface area (Å²) >= 11 is 6.06. The second-order valence-corrected chi connectivity index (χ2v) is 4.08. The van der Waals surface area contributed by atoms with Gasteiger partial charge in [-0.15, -0.1) is 0 Å². The minimum Gasteiger partial charge on any atom is -0.494 e. The van der Waals surface area contributed by atoms with Gasteiger partial charge in [0.1, 0.15) is 5.75 Å². The number of ether oxygens (including phenoxy) is 1. The molecule has 0 fully saturated rings. The van der Waals surface area contributed by atoms with Crippen LogP contribution in [0.4, 0.5) is 0 Å². The highest BCUT2D eigenvalue weighted by Crippen LogP contribution is 2.25. The number of pyridine rings is 1. The minimum atomic E-state index is 0.727. The molecule has 0 saturated heterocycles. The van der Waals surface area contributed by atoms with Gasteiger partial charge in [-0.1, -0.05) is 24.9 Å². The molecular formula is C13H14ClNO. The van der Waals surface area contributed by atoms with E-state index in [-0.39, 0.29) is 0 Å². The first-order chi connectivity index (χ1) is 7.81. The summed E-state index contributed by atoms with van der Waals surface area (Å²) < 4.78 is 5.61. The van der Waals surface area contributed by atoms with E-state index in [0.29, 0.717) is 0 Å². The Morgan fingerprint density at radius 1 is 1.31 bits per heavy atom. The van der Waals surface area contributed by atoms with Gasteiger partial charge in [0.25, 0.3) is 0 Å². The third-order valence-corrected chi connectivity index (χ3v) is 2.76. The maximum Gasteiger partial charge on any atom is 0.121 e. The summed E-state index contributed by atoms with van der Waals surface area (Å²) in [7, 11) is 0. The molecule has 0 aliphatic heterocycles. The topological polar surface area (TPSA) is 22.1 Å². The van der Waals surface area contributed by atoms with Gasteiger partial charge in [0.2, 0.25) is 0 Å². The van der Waals surface area contributed by atoms with Crippen molar-refractivity contribution in [2.24, 2.45) is 0 Å². The maximum absolute atomic E-state index is 6.06. The molecule has 1 heterocycles. The first kappa shape index (κ1) is 11.2. The van der Waals surface area contributed by atoms with E-state index in [1.165, 1.54) is 0 Å². The van der Waals surface area contributed by atoms with Gasteiger partial charge in [-0.2, -0.15) is 0 Å². The summed E-state index contributed by atoms with van der Waals surface area (Å²) in [6.07, 6.45) is 3.92. The standard InChI is InChI=1S/C13H14ClNO/c1-2-3-8-16-10-4-5-11-12(14)6-7-15-13(11)9-10/h4-7,9H,2-3,8H2,1H3. The van der Waals surface area contributed by atoms with Gasteiger partial charge in [0.05, 0.1) is 17.1 Å². The lowest BCUT2D eigenvalue weighted by molar-refractivity contribution is 0.310. The second kappa shape index (κ2) is 5.17. The molecule has 3 heteroatoms. The highest BCUT2D eigenvalue weighted by Gasteiger charge is 2.01. The Morgan fingerprint density at radius 2 is 2.19 bits per heavy atom. The zero-order valence-corrected chi connectivity index (χ0v) is 10.00. The van der Waals surface area contributed by atoms with Crippen LogP contribution in [0, 0.1) is 0 Å². The van der Waals surface area contributed by atoms with Crippen LogP contribution < -0.4 is 4.74 Å². The fraction of sp³-hybridized carbons (Fsp3) is 0.308. The van der Waals surface area contributed by atoms with E-state index in [1.807, 2.05) is 18.2 Å². The number of fused-ring (bicyclic) bond motifs is 1. The highest BCUT2D eigenvalue weighted by atomic mass is 35.5. The number of hydrogen-bond acceptors (Lipinski definition) is 2. The molecule has 0 spiro atoms. The van der Waals surface area contributed by atoms with Crippen LogP contribution in [0.15, 0.2) is 30.5 Å². The van der Waals surface area contributed by atoms with Crippen LogP contribution in [-0.4, -0.2) is 11.6 Å². The molecule has 0 aliphatic rings. The van der Waals surface area contributed by atoms with E-state index in [1.54, 1.807) is 12.3 Å². The number of nitrogens with zero attached hydrogens (tertiary/aromatic N) is 1. The SMILES string of the molecule is CCCCOc1ccc2c(Cl)ccnc2c1. The smallest absolute Gasteiger partial charge is 0.121 e.